The summed E-state index contributed by atoms with van der Waals surface area (Å²) in [5.41, 5.74) is 6.07. The summed E-state index contributed by atoms with van der Waals surface area (Å²) in [7, 11) is -4.78. The van der Waals surface area contributed by atoms with Crippen LogP contribution in [0.15, 0.2) is 89.8 Å². The number of carboxylic acid groups (broad SMARTS) is 1. The molecule has 2 atom stereocenters. The van der Waals surface area contributed by atoms with Crippen molar-refractivity contribution in [1.82, 2.24) is 9.62 Å². The molecule has 6 rings (SSSR count). The van der Waals surface area contributed by atoms with Gasteiger partial charge in [0.1, 0.15) is 5.75 Å². The number of hydrogen-bond donors (Lipinski definition) is 3. The first-order chi connectivity index (χ1) is 25.7. The highest BCUT2D eigenvalue weighted by Gasteiger charge is 2.52. The van der Waals surface area contributed by atoms with Crippen LogP contribution in [-0.4, -0.2) is 73.7 Å². The molecule has 9 nitrogen and oxygen atoms in total. The lowest BCUT2D eigenvalue weighted by Crippen LogP contribution is -2.62. The highest BCUT2D eigenvalue weighted by molar-refractivity contribution is 7.89. The van der Waals surface area contributed by atoms with Crippen LogP contribution in [0.1, 0.15) is 37.7 Å². The lowest BCUT2D eigenvalue weighted by atomic mass is 9.95. The van der Waals surface area contributed by atoms with Gasteiger partial charge in [-0.3, -0.25) is 4.79 Å². The van der Waals surface area contributed by atoms with E-state index in [0.29, 0.717) is 37.6 Å². The van der Waals surface area contributed by atoms with Crippen LogP contribution in [0.3, 0.4) is 0 Å². The van der Waals surface area contributed by atoms with E-state index in [0.717, 1.165) is 37.8 Å². The molecule has 1 saturated heterocycles. The monoisotopic (exact) mass is 817 g/mol. The molecule has 1 amide bonds. The quantitative estimate of drug-likeness (QED) is 0.147. The molecule has 2 aliphatic rings. The third-order valence-electron chi connectivity index (χ3n) is 9.24. The van der Waals surface area contributed by atoms with E-state index in [4.69, 9.17) is 32.0 Å². The van der Waals surface area contributed by atoms with Gasteiger partial charge in [0.05, 0.1) is 23.6 Å². The Morgan fingerprint density at radius 2 is 1.42 bits per heavy atom. The first-order valence-electron chi connectivity index (χ1n) is 16.9. The largest absolute Gasteiger partial charge is 0.490 e. The van der Waals surface area contributed by atoms with Gasteiger partial charge in [-0.05, 0) is 90.4 Å². The maximum atomic E-state index is 16.4. The number of halogens is 8. The van der Waals surface area contributed by atoms with Crippen LogP contribution in [0.2, 0.25) is 5.02 Å². The Hall–Kier alpha value is -4.45. The first-order valence-corrected chi connectivity index (χ1v) is 18.7. The number of carboxylic acids is 1. The number of rotatable bonds is 9. The fourth-order valence-corrected chi connectivity index (χ4v) is 7.52. The Morgan fingerprint density at radius 1 is 0.873 bits per heavy atom. The number of hydrogen-bond acceptors (Lipinski definition) is 6. The van der Waals surface area contributed by atoms with Crippen LogP contribution in [0.4, 0.5) is 30.7 Å². The van der Waals surface area contributed by atoms with Crippen molar-refractivity contribution in [3.8, 4) is 16.9 Å². The van der Waals surface area contributed by atoms with Gasteiger partial charge >= 0.3 is 12.1 Å². The number of alkyl halides is 7. The molecule has 4 aromatic rings. The molecule has 18 heteroatoms. The Labute approximate surface area is 316 Å². The summed E-state index contributed by atoms with van der Waals surface area (Å²) in [5, 5.41) is 8.77. The topological polar surface area (TPSA) is 139 Å². The van der Waals surface area contributed by atoms with Crippen molar-refractivity contribution in [3.05, 3.63) is 95.5 Å². The summed E-state index contributed by atoms with van der Waals surface area (Å²) in [6, 6.07) is 16.5. The Balaban J connectivity index is 0.000000757. The van der Waals surface area contributed by atoms with Crippen molar-refractivity contribution < 1.29 is 58.6 Å². The number of likely N-dealkylation sites (tertiary alicyclic amines) is 1. The molecule has 55 heavy (non-hydrogen) atoms. The molecule has 0 spiro atoms. The van der Waals surface area contributed by atoms with E-state index in [-0.39, 0.29) is 24.0 Å². The molecule has 296 valence electrons. The molecule has 1 aliphatic carbocycles. The lowest BCUT2D eigenvalue weighted by Gasteiger charge is -2.39. The number of ether oxygens (including phenoxy) is 1. The van der Waals surface area contributed by atoms with E-state index in [1.807, 2.05) is 4.72 Å². The molecule has 1 saturated carbocycles. The summed E-state index contributed by atoms with van der Waals surface area (Å²) in [4.78, 5) is 22.7. The number of aliphatic carboxylic acids is 1. The van der Waals surface area contributed by atoms with Crippen LogP contribution in [0.5, 0.6) is 5.75 Å². The molecule has 0 radical (unpaired) electrons. The number of nitrogens with two attached hydrogens (primary N) is 1. The van der Waals surface area contributed by atoms with E-state index in [1.54, 1.807) is 42.5 Å². The fraction of sp³-hybridized carbons (Fsp3) is 0.351. The van der Waals surface area contributed by atoms with E-state index < -0.39 is 64.1 Å². The number of fused-ring (bicyclic) bond motifs is 1. The number of benzene rings is 4. The smallest absolute Gasteiger partial charge is 0.490 e. The van der Waals surface area contributed by atoms with Crippen molar-refractivity contribution in [1.29, 1.82) is 0 Å². The van der Waals surface area contributed by atoms with Crippen molar-refractivity contribution in [2.45, 2.75) is 73.2 Å². The van der Waals surface area contributed by atoms with E-state index >= 15 is 8.78 Å². The van der Waals surface area contributed by atoms with Gasteiger partial charge in [0.2, 0.25) is 15.9 Å². The predicted octanol–water partition coefficient (Wildman–Crippen LogP) is 7.75. The number of nitrogens with one attached hydrogen (secondary N) is 1. The highest BCUT2D eigenvalue weighted by Crippen LogP contribution is 2.37. The Kier molecular flexibility index (Phi) is 12.4. The number of sulfonamides is 1. The van der Waals surface area contributed by atoms with E-state index in [9.17, 15) is 35.2 Å². The molecule has 1 aliphatic heterocycles. The number of nitrogens with zero attached hydrogens (tertiary/aromatic N) is 1. The summed E-state index contributed by atoms with van der Waals surface area (Å²) in [6.45, 7) is -1.57. The van der Waals surface area contributed by atoms with Crippen molar-refractivity contribution >= 4 is 44.3 Å². The molecular weight excluding hydrogens is 783 g/mol. The molecule has 0 bridgehead atoms. The Morgan fingerprint density at radius 3 is 1.98 bits per heavy atom. The average Bonchev–Trinajstić information content (AvgIpc) is 3.64. The minimum absolute atomic E-state index is 0.117. The summed E-state index contributed by atoms with van der Waals surface area (Å²) < 4.78 is 129. The van der Waals surface area contributed by atoms with Crippen LogP contribution in [-0.2, 0) is 25.5 Å². The second kappa shape index (κ2) is 16.3. The second-order valence-electron chi connectivity index (χ2n) is 13.2. The van der Waals surface area contributed by atoms with E-state index in [2.05, 4.69) is 0 Å². The minimum Gasteiger partial charge on any atom is -0.490 e. The second-order valence-corrected chi connectivity index (χ2v) is 15.3. The van der Waals surface area contributed by atoms with Gasteiger partial charge in [-0.15, -0.1) is 0 Å². The standard InChI is InChI=1S/C35H34ClF4N3O4S.C2HF3O2/c36-27-13-7-23(8-14-27)22-5-11-26(12-6-22)35(39,40)32(33(44)43-18-17-31(41)34(37,38)21-43)42-48(45,46)30-16-10-24-19-29(15-9-25(24)20-30)47-28-3-1-2-4-28;3-2(4,5)1(6)7/h5-16,19-20,28,31-32,42H,1-4,17-18,21,41H2;(H,6,7)/t31-,32+;/m0./s1. The third kappa shape index (κ3) is 10.1. The normalized spacial score (nSPS) is 18.3. The van der Waals surface area contributed by atoms with Crippen molar-refractivity contribution in [2.75, 3.05) is 13.1 Å². The number of amides is 1. The van der Waals surface area contributed by atoms with E-state index in [1.165, 1.54) is 30.3 Å². The third-order valence-corrected chi connectivity index (χ3v) is 10.9. The molecule has 0 aromatic heterocycles. The molecule has 0 unspecified atom stereocenters. The summed E-state index contributed by atoms with van der Waals surface area (Å²) in [5.74, 6) is -11.3. The maximum absolute atomic E-state index is 16.4. The van der Waals surface area contributed by atoms with Gasteiger partial charge in [-0.1, -0.05) is 60.1 Å². The SMILES string of the molecule is N[C@H]1CCN(C(=O)[C@@H](NS(=O)(=O)c2ccc3cc(OC4CCCC4)ccc3c2)C(F)(F)c2ccc(-c3ccc(Cl)cc3)cc2)CC1(F)F.O=C(O)C(F)(F)F. The van der Waals surface area contributed by atoms with Gasteiger partial charge in [-0.2, -0.15) is 26.7 Å². The number of carbonyl (C=O) groups is 2. The molecular formula is C37H35ClF7N3O6S. The van der Waals surface area contributed by atoms with Crippen LogP contribution >= 0.6 is 11.6 Å². The molecule has 1 heterocycles. The average molecular weight is 818 g/mol. The first kappa shape index (κ1) is 41.7. The van der Waals surface area contributed by atoms with Crippen LogP contribution < -0.4 is 15.2 Å². The zero-order chi connectivity index (χ0) is 40.3. The minimum atomic E-state index is -5.08. The van der Waals surface area contributed by atoms with Crippen LogP contribution in [0.25, 0.3) is 21.9 Å². The highest BCUT2D eigenvalue weighted by atomic mass is 35.5. The zero-order valence-corrected chi connectivity index (χ0v) is 30.3. The van der Waals surface area contributed by atoms with Gasteiger partial charge in [0.25, 0.3) is 11.8 Å². The molecule has 4 N–H and O–H groups in total. The number of carbonyl (C=O) groups excluding carboxylic acids is 1. The molecule has 2 fully saturated rings. The predicted molar refractivity (Wildman–Crippen MR) is 190 cm³/mol. The van der Waals surface area contributed by atoms with Gasteiger partial charge in [0, 0.05) is 17.1 Å². The Bertz CT molecular complexity index is 2110. The van der Waals surface area contributed by atoms with Crippen molar-refractivity contribution in [3.63, 3.8) is 0 Å². The lowest BCUT2D eigenvalue weighted by molar-refractivity contribution is -0.192. The zero-order valence-electron chi connectivity index (χ0n) is 28.7. The number of piperidine rings is 1. The summed E-state index contributed by atoms with van der Waals surface area (Å²) in [6.07, 6.45) is -1.21. The van der Waals surface area contributed by atoms with Crippen molar-refractivity contribution in [2.24, 2.45) is 5.73 Å². The molecule has 4 aromatic carbocycles. The fourth-order valence-electron chi connectivity index (χ4n) is 6.17. The summed E-state index contributed by atoms with van der Waals surface area (Å²) >= 11 is 5.95. The van der Waals surface area contributed by atoms with Gasteiger partial charge in [0.15, 0.2) is 6.04 Å². The van der Waals surface area contributed by atoms with Gasteiger partial charge < -0.3 is 20.5 Å². The maximum Gasteiger partial charge on any atom is 0.490 e. The van der Waals surface area contributed by atoms with Gasteiger partial charge in [-0.25, -0.2) is 22.0 Å². The van der Waals surface area contributed by atoms with Crippen LogP contribution in [0, 0.1) is 0 Å².